The third-order valence-corrected chi connectivity index (χ3v) is 3.96. The monoisotopic (exact) mass is 263 g/mol. The Morgan fingerprint density at radius 1 is 1.11 bits per heavy atom. The van der Waals surface area contributed by atoms with Crippen molar-refractivity contribution in [3.8, 4) is 5.75 Å². The molecule has 1 aliphatic rings. The molecule has 1 aromatic carbocycles. The second-order valence-corrected chi connectivity index (χ2v) is 6.06. The van der Waals surface area contributed by atoms with Crippen LogP contribution in [0.2, 0.25) is 0 Å². The van der Waals surface area contributed by atoms with Crippen LogP contribution in [0.5, 0.6) is 5.75 Å². The molecule has 3 N–H and O–H groups in total. The summed E-state index contributed by atoms with van der Waals surface area (Å²) in [6, 6.07) is 5.39. The predicted molar refractivity (Wildman–Crippen MR) is 76.6 cm³/mol. The molecule has 2 rings (SSSR count). The van der Waals surface area contributed by atoms with Gasteiger partial charge in [-0.2, -0.15) is 0 Å². The Morgan fingerprint density at radius 2 is 1.68 bits per heavy atom. The van der Waals surface area contributed by atoms with Gasteiger partial charge in [0.05, 0.1) is 11.2 Å². The molecule has 0 amide bonds. The molecule has 4 nitrogen and oxygen atoms in total. The van der Waals surface area contributed by atoms with E-state index in [-0.39, 0.29) is 17.0 Å². The third-order valence-electron chi connectivity index (χ3n) is 3.96. The van der Waals surface area contributed by atoms with Gasteiger partial charge in [0.15, 0.2) is 0 Å². The molecule has 0 saturated carbocycles. The fourth-order valence-electron chi connectivity index (χ4n) is 2.13. The molecule has 1 saturated heterocycles. The molecule has 1 aliphatic heterocycles. The number of benzene rings is 1. The summed E-state index contributed by atoms with van der Waals surface area (Å²) in [6.45, 7) is 8.59. The van der Waals surface area contributed by atoms with Gasteiger partial charge < -0.3 is 20.1 Å². The summed E-state index contributed by atoms with van der Waals surface area (Å²) in [5, 5.41) is 9.79. The minimum Gasteiger partial charge on any atom is -0.508 e. The van der Waals surface area contributed by atoms with Crippen LogP contribution in [0.15, 0.2) is 18.2 Å². The first-order chi connectivity index (χ1) is 8.75. The molecule has 0 spiro atoms. The molecule has 1 heterocycles. The third kappa shape index (κ3) is 2.78. The van der Waals surface area contributed by atoms with Crippen LogP contribution in [0.25, 0.3) is 0 Å². The average molecular weight is 263 g/mol. The summed E-state index contributed by atoms with van der Waals surface area (Å²) in [7, 11) is -0.450. The Morgan fingerprint density at radius 3 is 2.21 bits per heavy atom. The van der Waals surface area contributed by atoms with Crippen molar-refractivity contribution in [3.63, 3.8) is 0 Å². The maximum Gasteiger partial charge on any atom is 0.494 e. The van der Waals surface area contributed by atoms with E-state index in [9.17, 15) is 5.11 Å². The molecule has 1 aromatic rings. The second kappa shape index (κ2) is 4.82. The number of phenols is 1. The molecule has 0 radical (unpaired) electrons. The van der Waals surface area contributed by atoms with Gasteiger partial charge in [-0.25, -0.2) is 0 Å². The lowest BCUT2D eigenvalue weighted by Gasteiger charge is -2.32. The average Bonchev–Trinajstić information content (AvgIpc) is 2.48. The van der Waals surface area contributed by atoms with Crippen molar-refractivity contribution in [2.75, 3.05) is 6.54 Å². The highest BCUT2D eigenvalue weighted by Gasteiger charge is 2.51. The van der Waals surface area contributed by atoms with Gasteiger partial charge in [-0.1, -0.05) is 6.07 Å². The number of hydrogen-bond acceptors (Lipinski definition) is 4. The Bertz CT molecular complexity index is 458. The Labute approximate surface area is 115 Å². The smallest absolute Gasteiger partial charge is 0.494 e. The highest BCUT2D eigenvalue weighted by atomic mass is 16.7. The van der Waals surface area contributed by atoms with E-state index in [1.54, 1.807) is 12.1 Å². The van der Waals surface area contributed by atoms with E-state index < -0.39 is 7.12 Å². The number of nitrogens with two attached hydrogens (primary N) is 1. The zero-order valence-electron chi connectivity index (χ0n) is 12.1. The van der Waals surface area contributed by atoms with Gasteiger partial charge >= 0.3 is 7.12 Å². The Balaban J connectivity index is 2.29. The zero-order chi connectivity index (χ0) is 14.3. The molecule has 1 fully saturated rings. The van der Waals surface area contributed by atoms with E-state index in [1.807, 2.05) is 33.8 Å². The topological polar surface area (TPSA) is 64.7 Å². The number of aromatic hydroxyl groups is 1. The molecular formula is C14H22BNO3. The van der Waals surface area contributed by atoms with Crippen LogP contribution in [0.3, 0.4) is 0 Å². The first-order valence-corrected chi connectivity index (χ1v) is 6.64. The van der Waals surface area contributed by atoms with E-state index >= 15 is 0 Å². The SMILES string of the molecule is CC1(C)OB(c2cc(O)cc(CCN)c2)OC1(C)C. The lowest BCUT2D eigenvalue weighted by Crippen LogP contribution is -2.41. The van der Waals surface area contributed by atoms with Gasteiger partial charge in [0.2, 0.25) is 0 Å². The standard InChI is InChI=1S/C14H22BNO3/c1-13(2)14(3,4)19-15(18-13)11-7-10(5-6-16)8-12(17)9-11/h7-9,17H,5-6,16H2,1-4H3. The molecular weight excluding hydrogens is 241 g/mol. The molecule has 0 aliphatic carbocycles. The maximum absolute atomic E-state index is 9.79. The lowest BCUT2D eigenvalue weighted by molar-refractivity contribution is 0.00578. The minimum absolute atomic E-state index is 0.218. The van der Waals surface area contributed by atoms with Crippen LogP contribution in [0.4, 0.5) is 0 Å². The molecule has 0 aromatic heterocycles. The van der Waals surface area contributed by atoms with Crippen molar-refractivity contribution in [1.29, 1.82) is 0 Å². The summed E-state index contributed by atoms with van der Waals surface area (Å²) < 4.78 is 11.9. The fourth-order valence-corrected chi connectivity index (χ4v) is 2.13. The highest BCUT2D eigenvalue weighted by molar-refractivity contribution is 6.62. The van der Waals surface area contributed by atoms with Crippen LogP contribution in [-0.4, -0.2) is 30.0 Å². The summed E-state index contributed by atoms with van der Waals surface area (Å²) in [4.78, 5) is 0. The normalized spacial score (nSPS) is 20.8. The quantitative estimate of drug-likeness (QED) is 0.804. The minimum atomic E-state index is -0.450. The van der Waals surface area contributed by atoms with Gasteiger partial charge in [-0.05, 0) is 63.8 Å². The van der Waals surface area contributed by atoms with E-state index in [0.29, 0.717) is 6.54 Å². The fraction of sp³-hybridized carbons (Fsp3) is 0.571. The van der Waals surface area contributed by atoms with E-state index in [4.69, 9.17) is 15.0 Å². The number of rotatable bonds is 3. The Hall–Kier alpha value is -1.04. The van der Waals surface area contributed by atoms with Crippen LogP contribution >= 0.6 is 0 Å². The van der Waals surface area contributed by atoms with E-state index in [2.05, 4.69) is 0 Å². The van der Waals surface area contributed by atoms with Crippen LogP contribution in [0.1, 0.15) is 33.3 Å². The second-order valence-electron chi connectivity index (χ2n) is 6.06. The maximum atomic E-state index is 9.79. The first-order valence-electron chi connectivity index (χ1n) is 6.64. The molecule has 104 valence electrons. The summed E-state index contributed by atoms with van der Waals surface area (Å²) in [5.41, 5.74) is 6.63. The van der Waals surface area contributed by atoms with Crippen LogP contribution in [0, 0.1) is 0 Å². The number of phenolic OH excluding ortho intramolecular Hbond substituents is 1. The van der Waals surface area contributed by atoms with Gasteiger partial charge in [-0.3, -0.25) is 0 Å². The van der Waals surface area contributed by atoms with E-state index in [0.717, 1.165) is 17.4 Å². The van der Waals surface area contributed by atoms with Crippen LogP contribution < -0.4 is 11.2 Å². The first kappa shape index (κ1) is 14.4. The van der Waals surface area contributed by atoms with Gasteiger partial charge in [-0.15, -0.1) is 0 Å². The molecule has 5 heteroatoms. The number of hydrogen-bond donors (Lipinski definition) is 2. The molecule has 0 bridgehead atoms. The molecule has 0 unspecified atom stereocenters. The van der Waals surface area contributed by atoms with Crippen molar-refractivity contribution < 1.29 is 14.4 Å². The summed E-state index contributed by atoms with van der Waals surface area (Å²) in [6.07, 6.45) is 0.723. The van der Waals surface area contributed by atoms with E-state index in [1.165, 1.54) is 0 Å². The molecule has 0 atom stereocenters. The zero-order valence-corrected chi connectivity index (χ0v) is 12.1. The van der Waals surface area contributed by atoms with Crippen molar-refractivity contribution in [2.24, 2.45) is 5.73 Å². The van der Waals surface area contributed by atoms with Crippen molar-refractivity contribution in [3.05, 3.63) is 23.8 Å². The molecule has 19 heavy (non-hydrogen) atoms. The largest absolute Gasteiger partial charge is 0.508 e. The highest BCUT2D eigenvalue weighted by Crippen LogP contribution is 2.36. The van der Waals surface area contributed by atoms with Gasteiger partial charge in [0.1, 0.15) is 5.75 Å². The van der Waals surface area contributed by atoms with Gasteiger partial charge in [0.25, 0.3) is 0 Å². The van der Waals surface area contributed by atoms with Crippen LogP contribution in [-0.2, 0) is 15.7 Å². The van der Waals surface area contributed by atoms with Gasteiger partial charge in [0, 0.05) is 0 Å². The lowest BCUT2D eigenvalue weighted by atomic mass is 9.78. The Kier molecular flexibility index (Phi) is 3.64. The van der Waals surface area contributed by atoms with Crippen molar-refractivity contribution in [1.82, 2.24) is 0 Å². The van der Waals surface area contributed by atoms with Crippen molar-refractivity contribution >= 4 is 12.6 Å². The summed E-state index contributed by atoms with van der Waals surface area (Å²) >= 11 is 0. The predicted octanol–water partition coefficient (Wildman–Crippen LogP) is 1.19. The van der Waals surface area contributed by atoms with Crippen molar-refractivity contribution in [2.45, 2.75) is 45.3 Å². The summed E-state index contributed by atoms with van der Waals surface area (Å²) in [5.74, 6) is 0.218.